The molecule has 9 nitrogen and oxygen atoms in total. The smallest absolute Gasteiger partial charge is 0.183 e. The summed E-state index contributed by atoms with van der Waals surface area (Å²) in [6, 6.07) is 0. The number of alkyl halides is 1. The number of halogens is 1. The van der Waals surface area contributed by atoms with Crippen molar-refractivity contribution in [2.24, 2.45) is 0 Å². The third kappa shape index (κ3) is 34.6. The molecule has 0 amide bonds. The highest BCUT2D eigenvalue weighted by molar-refractivity contribution is 14.1. The van der Waals surface area contributed by atoms with Crippen LogP contribution in [0.25, 0.3) is 0 Å². The third-order valence-electron chi connectivity index (χ3n) is 4.54. The van der Waals surface area contributed by atoms with Crippen LogP contribution in [0, 0.1) is 0 Å². The van der Waals surface area contributed by atoms with Crippen LogP contribution in [0.3, 0.4) is 0 Å². The maximum Gasteiger partial charge on any atom is 0.183 e. The van der Waals surface area contributed by atoms with Gasteiger partial charge in [0.05, 0.1) is 106 Å². The molecule has 0 atom stereocenters. The van der Waals surface area contributed by atoms with Crippen molar-refractivity contribution in [1.82, 2.24) is 0 Å². The van der Waals surface area contributed by atoms with Gasteiger partial charge in [0, 0.05) is 6.61 Å². The second-order valence-corrected chi connectivity index (χ2v) is 14.6. The van der Waals surface area contributed by atoms with Crippen molar-refractivity contribution in [3.8, 4) is 0 Å². The molecule has 0 aliphatic carbocycles. The van der Waals surface area contributed by atoms with Gasteiger partial charge in [-0.15, -0.1) is 0 Å². The third-order valence-corrected chi connectivity index (χ3v) is 6.37. The maximum atomic E-state index is 5.71. The molecule has 0 saturated carbocycles. The van der Waals surface area contributed by atoms with Crippen molar-refractivity contribution in [2.45, 2.75) is 45.3 Å². The Hall–Kier alpha value is 0.587. The van der Waals surface area contributed by atoms with Crippen LogP contribution in [0.15, 0.2) is 0 Å². The molecule has 0 unspecified atom stereocenters. The molecular formula is C25H53IO9Si. The fraction of sp³-hybridized carbons (Fsp3) is 1.00. The molecule has 0 aliphatic rings. The van der Waals surface area contributed by atoms with E-state index in [1.54, 1.807) is 0 Å². The molecule has 218 valence electrons. The van der Waals surface area contributed by atoms with Crippen molar-refractivity contribution in [3.63, 3.8) is 0 Å². The summed E-state index contributed by atoms with van der Waals surface area (Å²) in [4.78, 5) is 0. The van der Waals surface area contributed by atoms with E-state index >= 15 is 0 Å². The van der Waals surface area contributed by atoms with Crippen LogP contribution in [-0.2, 0) is 42.3 Å². The van der Waals surface area contributed by atoms with E-state index in [1.165, 1.54) is 23.7 Å². The highest BCUT2D eigenvalue weighted by Crippen LogP contribution is 2.02. The standard InChI is InChI=1S/C25H53IO9Si/c1-36(2,3)35-25-24-34-23-22-33-21-20-32-19-18-31-17-16-30-15-14-29-13-12-28-11-10-27-9-7-5-4-6-8-26/h4-25H2,1-3H3. The Balaban J connectivity index is 3.03. The first-order chi connectivity index (χ1) is 17.6. The molecule has 0 spiro atoms. The first-order valence-corrected chi connectivity index (χ1v) is 18.3. The lowest BCUT2D eigenvalue weighted by Gasteiger charge is -2.16. The number of rotatable bonds is 31. The minimum atomic E-state index is -1.44. The van der Waals surface area contributed by atoms with E-state index in [9.17, 15) is 0 Å². The van der Waals surface area contributed by atoms with Crippen LogP contribution in [-0.4, -0.2) is 125 Å². The highest BCUT2D eigenvalue weighted by atomic mass is 127. The minimum absolute atomic E-state index is 0.541. The molecule has 0 radical (unpaired) electrons. The van der Waals surface area contributed by atoms with Gasteiger partial charge >= 0.3 is 0 Å². The molecule has 0 saturated heterocycles. The summed E-state index contributed by atoms with van der Waals surface area (Å²) < 4.78 is 50.8. The van der Waals surface area contributed by atoms with Crippen molar-refractivity contribution >= 4 is 30.9 Å². The summed E-state index contributed by atoms with van der Waals surface area (Å²) in [5.74, 6) is 0. The van der Waals surface area contributed by atoms with Gasteiger partial charge in [-0.1, -0.05) is 35.4 Å². The fourth-order valence-corrected chi connectivity index (χ4v) is 3.94. The monoisotopic (exact) mass is 652 g/mol. The van der Waals surface area contributed by atoms with Crippen LogP contribution in [0.4, 0.5) is 0 Å². The molecule has 11 heteroatoms. The zero-order chi connectivity index (χ0) is 26.4. The van der Waals surface area contributed by atoms with E-state index in [1.807, 2.05) is 0 Å². The average Bonchev–Trinajstić information content (AvgIpc) is 2.84. The molecule has 0 rings (SSSR count). The van der Waals surface area contributed by atoms with Crippen molar-refractivity contribution in [2.75, 3.05) is 117 Å². The van der Waals surface area contributed by atoms with E-state index in [4.69, 9.17) is 42.3 Å². The van der Waals surface area contributed by atoms with Crippen LogP contribution in [0.5, 0.6) is 0 Å². The van der Waals surface area contributed by atoms with Gasteiger partial charge in [0.25, 0.3) is 0 Å². The Morgan fingerprint density at radius 2 is 0.639 bits per heavy atom. The summed E-state index contributed by atoms with van der Waals surface area (Å²) in [6.07, 6.45) is 5.00. The molecule has 36 heavy (non-hydrogen) atoms. The molecule has 0 aromatic rings. The Morgan fingerprint density at radius 1 is 0.361 bits per heavy atom. The van der Waals surface area contributed by atoms with Crippen LogP contribution >= 0.6 is 22.6 Å². The van der Waals surface area contributed by atoms with Gasteiger partial charge in [0.2, 0.25) is 0 Å². The van der Waals surface area contributed by atoms with Gasteiger partial charge in [0.15, 0.2) is 8.32 Å². The Morgan fingerprint density at radius 3 is 0.944 bits per heavy atom. The summed E-state index contributed by atoms with van der Waals surface area (Å²) in [7, 11) is -1.44. The zero-order valence-electron chi connectivity index (χ0n) is 23.1. The Bertz CT molecular complexity index is 417. The van der Waals surface area contributed by atoms with Gasteiger partial charge in [-0.3, -0.25) is 0 Å². The maximum absolute atomic E-state index is 5.71. The second-order valence-electron chi connectivity index (χ2n) is 8.96. The quantitative estimate of drug-likeness (QED) is 0.0479. The topological polar surface area (TPSA) is 83.1 Å². The molecule has 0 bridgehead atoms. The average molecular weight is 653 g/mol. The van der Waals surface area contributed by atoms with Gasteiger partial charge in [-0.25, -0.2) is 0 Å². The molecule has 0 heterocycles. The van der Waals surface area contributed by atoms with Crippen LogP contribution in [0.2, 0.25) is 19.6 Å². The lowest BCUT2D eigenvalue weighted by atomic mass is 10.2. The highest BCUT2D eigenvalue weighted by Gasteiger charge is 2.13. The van der Waals surface area contributed by atoms with Crippen molar-refractivity contribution < 1.29 is 42.3 Å². The molecular weight excluding hydrogens is 599 g/mol. The number of hydrogen-bond donors (Lipinski definition) is 0. The molecule has 0 aromatic carbocycles. The van der Waals surface area contributed by atoms with Crippen LogP contribution < -0.4 is 0 Å². The fourth-order valence-electron chi connectivity index (χ4n) is 2.70. The van der Waals surface area contributed by atoms with E-state index in [0.29, 0.717) is 106 Å². The van der Waals surface area contributed by atoms with Gasteiger partial charge in [-0.05, 0) is 36.9 Å². The lowest BCUT2D eigenvalue weighted by Crippen LogP contribution is -2.27. The lowest BCUT2D eigenvalue weighted by molar-refractivity contribution is -0.0237. The van der Waals surface area contributed by atoms with Gasteiger partial charge in [0.1, 0.15) is 0 Å². The van der Waals surface area contributed by atoms with E-state index in [2.05, 4.69) is 42.2 Å². The van der Waals surface area contributed by atoms with Crippen molar-refractivity contribution in [1.29, 1.82) is 0 Å². The van der Waals surface area contributed by atoms with E-state index < -0.39 is 8.32 Å². The van der Waals surface area contributed by atoms with Crippen molar-refractivity contribution in [3.05, 3.63) is 0 Å². The minimum Gasteiger partial charge on any atom is -0.415 e. The predicted octanol–water partition coefficient (Wildman–Crippen LogP) is 3.97. The van der Waals surface area contributed by atoms with E-state index in [-0.39, 0.29) is 0 Å². The largest absolute Gasteiger partial charge is 0.415 e. The van der Waals surface area contributed by atoms with Gasteiger partial charge in [-0.2, -0.15) is 0 Å². The summed E-state index contributed by atoms with van der Waals surface area (Å²) >= 11 is 2.42. The first kappa shape index (κ1) is 36.6. The first-order valence-electron chi connectivity index (χ1n) is 13.4. The SMILES string of the molecule is C[Si](C)(C)OCCOCCOCCOCCOCCOCCOCCOCCOCCCCCCI. The molecule has 0 N–H and O–H groups in total. The van der Waals surface area contributed by atoms with Gasteiger partial charge < -0.3 is 42.3 Å². The Kier molecular flexibility index (Phi) is 30.6. The normalized spacial score (nSPS) is 12.0. The van der Waals surface area contributed by atoms with E-state index in [0.717, 1.165) is 13.0 Å². The number of ether oxygens (including phenoxy) is 8. The summed E-state index contributed by atoms with van der Waals surface area (Å²) in [5, 5.41) is 0. The van der Waals surface area contributed by atoms with Crippen LogP contribution in [0.1, 0.15) is 25.7 Å². The molecule has 0 fully saturated rings. The number of unbranched alkanes of at least 4 members (excludes halogenated alkanes) is 3. The summed E-state index contributed by atoms with van der Waals surface area (Å²) in [6.45, 7) is 16.5. The second kappa shape index (κ2) is 30.1. The predicted molar refractivity (Wildman–Crippen MR) is 153 cm³/mol. The molecule has 0 aromatic heterocycles. The number of hydrogen-bond acceptors (Lipinski definition) is 9. The molecule has 0 aliphatic heterocycles. The Labute approximate surface area is 234 Å². The zero-order valence-corrected chi connectivity index (χ0v) is 26.3. The summed E-state index contributed by atoms with van der Waals surface area (Å²) in [5.41, 5.74) is 0.